The largest absolute Gasteiger partial charge is 0.504 e. The van der Waals surface area contributed by atoms with Crippen molar-refractivity contribution in [3.05, 3.63) is 59.7 Å². The van der Waals surface area contributed by atoms with Gasteiger partial charge in [0.1, 0.15) is 5.75 Å². The summed E-state index contributed by atoms with van der Waals surface area (Å²) in [5.41, 5.74) is 3.55. The molecule has 4 nitrogen and oxygen atoms in total. The molecule has 0 fully saturated rings. The molecule has 0 radical (unpaired) electrons. The maximum absolute atomic E-state index is 10.2. The van der Waals surface area contributed by atoms with E-state index < -0.39 is 0 Å². The molecule has 0 aromatic heterocycles. The molecule has 0 saturated carbocycles. The maximum Gasteiger partial charge on any atom is 0.160 e. The van der Waals surface area contributed by atoms with E-state index in [1.54, 1.807) is 7.11 Å². The van der Waals surface area contributed by atoms with Gasteiger partial charge in [0.2, 0.25) is 0 Å². The quantitative estimate of drug-likeness (QED) is 0.415. The van der Waals surface area contributed by atoms with Crippen LogP contribution in [0.1, 0.15) is 62.1 Å². The third-order valence-electron chi connectivity index (χ3n) is 6.16. The number of unbranched alkanes of at least 4 members (excludes halogenated alkanes) is 3. The van der Waals surface area contributed by atoms with E-state index in [9.17, 15) is 5.11 Å². The maximum atomic E-state index is 10.2. The third kappa shape index (κ3) is 4.07. The van der Waals surface area contributed by atoms with Crippen LogP contribution in [0.3, 0.4) is 0 Å². The van der Waals surface area contributed by atoms with E-state index in [0.717, 1.165) is 36.4 Å². The van der Waals surface area contributed by atoms with E-state index in [0.29, 0.717) is 17.6 Å². The monoisotopic (exact) mass is 393 g/mol. The number of nitrogens with one attached hydrogen (secondary N) is 1. The van der Waals surface area contributed by atoms with Gasteiger partial charge in [-0.25, -0.2) is 0 Å². The number of rotatable bonds is 8. The fourth-order valence-corrected chi connectivity index (χ4v) is 4.61. The van der Waals surface area contributed by atoms with Gasteiger partial charge < -0.3 is 19.9 Å². The average molecular weight is 394 g/mol. The highest BCUT2D eigenvalue weighted by molar-refractivity contribution is 5.62. The molecule has 2 aromatic rings. The van der Waals surface area contributed by atoms with E-state index in [4.69, 9.17) is 9.47 Å². The molecule has 0 spiro atoms. The Hall–Kier alpha value is -2.62. The van der Waals surface area contributed by atoms with Gasteiger partial charge in [-0.15, -0.1) is 0 Å². The number of phenols is 1. The van der Waals surface area contributed by atoms with Gasteiger partial charge in [-0.1, -0.05) is 44.4 Å². The van der Waals surface area contributed by atoms with Gasteiger partial charge in [0, 0.05) is 11.6 Å². The van der Waals surface area contributed by atoms with Crippen LogP contribution < -0.4 is 14.8 Å². The first-order valence-electron chi connectivity index (χ1n) is 10.8. The lowest BCUT2D eigenvalue weighted by Crippen LogP contribution is -2.29. The molecule has 1 heterocycles. The molecule has 2 aromatic carbocycles. The Bertz CT molecular complexity index is 876. The van der Waals surface area contributed by atoms with Crippen LogP contribution in [0.2, 0.25) is 0 Å². The molecule has 2 aliphatic rings. The summed E-state index contributed by atoms with van der Waals surface area (Å²) < 4.78 is 11.2. The second-order valence-corrected chi connectivity index (χ2v) is 8.06. The fourth-order valence-electron chi connectivity index (χ4n) is 4.61. The number of phenolic OH excluding ortho intramolecular Hbond substituents is 1. The number of ether oxygens (including phenoxy) is 2. The van der Waals surface area contributed by atoms with Crippen molar-refractivity contribution in [3.63, 3.8) is 0 Å². The first-order chi connectivity index (χ1) is 14.2. The van der Waals surface area contributed by atoms with Crippen LogP contribution in [0.15, 0.2) is 48.6 Å². The summed E-state index contributed by atoms with van der Waals surface area (Å²) in [6.07, 6.45) is 10.5. The predicted molar refractivity (Wildman–Crippen MR) is 117 cm³/mol. The molecule has 0 amide bonds. The summed E-state index contributed by atoms with van der Waals surface area (Å²) in [5.74, 6) is 2.44. The Balaban J connectivity index is 1.53. The first kappa shape index (κ1) is 19.7. The number of aromatic hydroxyl groups is 1. The summed E-state index contributed by atoms with van der Waals surface area (Å²) in [5, 5.41) is 14.0. The minimum Gasteiger partial charge on any atom is -0.504 e. The summed E-state index contributed by atoms with van der Waals surface area (Å²) in [4.78, 5) is 0. The smallest absolute Gasteiger partial charge is 0.160 e. The van der Waals surface area contributed by atoms with Crippen LogP contribution in [-0.4, -0.2) is 18.8 Å². The predicted octanol–water partition coefficient (Wildman–Crippen LogP) is 6.19. The topological polar surface area (TPSA) is 50.7 Å². The molecule has 4 heteroatoms. The number of anilines is 1. The highest BCUT2D eigenvalue weighted by Crippen LogP contribution is 2.51. The number of hydrogen-bond donors (Lipinski definition) is 2. The first-order valence-corrected chi connectivity index (χ1v) is 10.8. The van der Waals surface area contributed by atoms with Crippen molar-refractivity contribution in [3.8, 4) is 17.2 Å². The van der Waals surface area contributed by atoms with Gasteiger partial charge in [-0.2, -0.15) is 0 Å². The average Bonchev–Trinajstić information content (AvgIpc) is 3.23. The Kier molecular flexibility index (Phi) is 5.98. The lowest BCUT2D eigenvalue weighted by atomic mass is 9.77. The van der Waals surface area contributed by atoms with Crippen LogP contribution in [0.5, 0.6) is 17.2 Å². The third-order valence-corrected chi connectivity index (χ3v) is 6.16. The van der Waals surface area contributed by atoms with Gasteiger partial charge in [0.05, 0.1) is 19.8 Å². The zero-order valence-corrected chi connectivity index (χ0v) is 17.4. The van der Waals surface area contributed by atoms with E-state index in [2.05, 4.69) is 42.6 Å². The summed E-state index contributed by atoms with van der Waals surface area (Å²) in [7, 11) is 1.57. The minimum absolute atomic E-state index is 0.153. The van der Waals surface area contributed by atoms with Crippen molar-refractivity contribution in [2.75, 3.05) is 19.0 Å². The summed E-state index contributed by atoms with van der Waals surface area (Å²) in [6.45, 7) is 3.01. The van der Waals surface area contributed by atoms with Crippen molar-refractivity contribution in [1.29, 1.82) is 0 Å². The van der Waals surface area contributed by atoms with E-state index in [1.807, 2.05) is 18.2 Å². The number of hydrogen-bond acceptors (Lipinski definition) is 4. The van der Waals surface area contributed by atoms with E-state index in [1.165, 1.54) is 24.8 Å². The molecule has 154 valence electrons. The number of allylic oxidation sites excluding steroid dienone is 2. The van der Waals surface area contributed by atoms with Crippen molar-refractivity contribution >= 4 is 5.69 Å². The highest BCUT2D eigenvalue weighted by Gasteiger charge is 2.38. The van der Waals surface area contributed by atoms with E-state index >= 15 is 0 Å². The molecular weight excluding hydrogens is 362 g/mol. The van der Waals surface area contributed by atoms with Gasteiger partial charge in [-0.05, 0) is 60.2 Å². The number of benzene rings is 2. The Morgan fingerprint density at radius 1 is 1.10 bits per heavy atom. The fraction of sp³-hybridized carbons (Fsp3) is 0.440. The van der Waals surface area contributed by atoms with Crippen molar-refractivity contribution in [1.82, 2.24) is 0 Å². The standard InChI is InChI=1S/C25H31NO3/c1-3-4-5-6-14-29-18-11-12-22-21(16-18)19-8-7-9-20(19)25(26-22)17-10-13-24(28-2)23(27)15-17/h7-8,10-13,15-16,19-20,25-27H,3-6,9,14H2,1-2H3. The molecule has 1 aliphatic carbocycles. The van der Waals surface area contributed by atoms with Crippen molar-refractivity contribution in [2.45, 2.75) is 51.0 Å². The van der Waals surface area contributed by atoms with Crippen LogP contribution in [0, 0.1) is 5.92 Å². The second-order valence-electron chi connectivity index (χ2n) is 8.06. The molecule has 0 saturated heterocycles. The molecule has 3 atom stereocenters. The molecular formula is C25H31NO3. The van der Waals surface area contributed by atoms with Crippen LogP contribution in [-0.2, 0) is 0 Å². The molecule has 2 N–H and O–H groups in total. The van der Waals surface area contributed by atoms with Crippen LogP contribution >= 0.6 is 0 Å². The van der Waals surface area contributed by atoms with Gasteiger partial charge >= 0.3 is 0 Å². The van der Waals surface area contributed by atoms with Crippen LogP contribution in [0.25, 0.3) is 0 Å². The lowest BCUT2D eigenvalue weighted by molar-refractivity contribution is 0.304. The Labute approximate surface area is 173 Å². The molecule has 29 heavy (non-hydrogen) atoms. The molecule has 0 bridgehead atoms. The van der Waals surface area contributed by atoms with Crippen molar-refractivity contribution in [2.24, 2.45) is 5.92 Å². The molecule has 4 rings (SSSR count). The summed E-state index contributed by atoms with van der Waals surface area (Å²) >= 11 is 0. The van der Waals surface area contributed by atoms with Gasteiger partial charge in [0.25, 0.3) is 0 Å². The zero-order chi connectivity index (χ0) is 20.2. The van der Waals surface area contributed by atoms with Gasteiger partial charge in [-0.3, -0.25) is 0 Å². The summed E-state index contributed by atoms with van der Waals surface area (Å²) in [6, 6.07) is 12.3. The van der Waals surface area contributed by atoms with E-state index in [-0.39, 0.29) is 11.8 Å². The van der Waals surface area contributed by atoms with Gasteiger partial charge in [0.15, 0.2) is 11.5 Å². The van der Waals surface area contributed by atoms with Crippen molar-refractivity contribution < 1.29 is 14.6 Å². The number of fused-ring (bicyclic) bond motifs is 3. The number of methoxy groups -OCH3 is 1. The second kappa shape index (κ2) is 8.81. The highest BCUT2D eigenvalue weighted by atomic mass is 16.5. The minimum atomic E-state index is 0.153. The normalized spacial score (nSPS) is 21.9. The zero-order valence-electron chi connectivity index (χ0n) is 17.4. The molecule has 1 aliphatic heterocycles. The Morgan fingerprint density at radius 3 is 2.79 bits per heavy atom. The van der Waals surface area contributed by atoms with Crippen LogP contribution in [0.4, 0.5) is 5.69 Å². The molecule has 3 unspecified atom stereocenters. The lowest BCUT2D eigenvalue weighted by Gasteiger charge is -2.37. The SMILES string of the molecule is CCCCCCOc1ccc2c(c1)C1C=CCC1C(c1ccc(OC)c(O)c1)N2. The Morgan fingerprint density at radius 2 is 2.00 bits per heavy atom.